The fourth-order valence-electron chi connectivity index (χ4n) is 2.76. The summed E-state index contributed by atoms with van der Waals surface area (Å²) < 4.78 is 26.4. The minimum absolute atomic E-state index is 0.0461. The fourth-order valence-corrected chi connectivity index (χ4v) is 2.76. The molecule has 0 amide bonds. The maximum Gasteiger partial charge on any atom is 0.260 e. The van der Waals surface area contributed by atoms with E-state index in [1.54, 1.807) is 0 Å². The van der Waals surface area contributed by atoms with Gasteiger partial charge in [0.05, 0.1) is 6.54 Å². The van der Waals surface area contributed by atoms with Crippen molar-refractivity contribution in [1.29, 1.82) is 0 Å². The average Bonchev–Trinajstić information content (AvgIpc) is 2.25. The normalized spacial score (nSPS) is 31.6. The van der Waals surface area contributed by atoms with Gasteiger partial charge in [-0.2, -0.15) is 0 Å². The van der Waals surface area contributed by atoms with Crippen molar-refractivity contribution < 1.29 is 8.78 Å². The van der Waals surface area contributed by atoms with Gasteiger partial charge >= 0.3 is 0 Å². The Morgan fingerprint density at radius 1 is 1.35 bits per heavy atom. The second kappa shape index (κ2) is 5.59. The Balaban J connectivity index is 1.70. The highest BCUT2D eigenvalue weighted by atomic mass is 19.3. The Morgan fingerprint density at radius 3 is 2.88 bits per heavy atom. The van der Waals surface area contributed by atoms with Gasteiger partial charge in [0.2, 0.25) is 0 Å². The van der Waals surface area contributed by atoms with Crippen LogP contribution in [0.5, 0.6) is 0 Å². The van der Waals surface area contributed by atoms with Crippen LogP contribution in [0, 0.1) is 0 Å². The SMILES string of the molecule is CN1CCNC(CCN2CCCC(F)(F)C2)C1. The van der Waals surface area contributed by atoms with E-state index in [0.29, 0.717) is 12.5 Å². The van der Waals surface area contributed by atoms with Crippen LogP contribution >= 0.6 is 0 Å². The molecule has 0 spiro atoms. The molecule has 0 aromatic heterocycles. The summed E-state index contributed by atoms with van der Waals surface area (Å²) in [6, 6.07) is 0.462. The van der Waals surface area contributed by atoms with Gasteiger partial charge in [-0.25, -0.2) is 8.78 Å². The largest absolute Gasteiger partial charge is 0.311 e. The topological polar surface area (TPSA) is 18.5 Å². The van der Waals surface area contributed by atoms with E-state index < -0.39 is 5.92 Å². The van der Waals surface area contributed by atoms with Crippen LogP contribution in [0.3, 0.4) is 0 Å². The Bertz CT molecular complexity index is 248. The molecule has 0 radical (unpaired) electrons. The molecule has 1 atom stereocenters. The van der Waals surface area contributed by atoms with Crippen molar-refractivity contribution >= 4 is 0 Å². The standard InChI is InChI=1S/C12H23F2N3/c1-16-8-5-15-11(9-16)3-7-17-6-2-4-12(13,14)10-17/h11,15H,2-10H2,1H3. The number of hydrogen-bond acceptors (Lipinski definition) is 3. The third-order valence-electron chi connectivity index (χ3n) is 3.72. The van der Waals surface area contributed by atoms with E-state index in [1.165, 1.54) is 0 Å². The number of piperazine rings is 1. The zero-order valence-corrected chi connectivity index (χ0v) is 10.6. The zero-order valence-electron chi connectivity index (χ0n) is 10.6. The summed E-state index contributed by atoms with van der Waals surface area (Å²) in [5.74, 6) is -2.46. The van der Waals surface area contributed by atoms with E-state index in [4.69, 9.17) is 0 Å². The monoisotopic (exact) mass is 247 g/mol. The summed E-state index contributed by atoms with van der Waals surface area (Å²) in [6.07, 6.45) is 1.67. The second-order valence-electron chi connectivity index (χ2n) is 5.44. The van der Waals surface area contributed by atoms with Gasteiger partial charge in [-0.15, -0.1) is 0 Å². The Kier molecular flexibility index (Phi) is 4.33. The van der Waals surface area contributed by atoms with Crippen LogP contribution in [-0.2, 0) is 0 Å². The van der Waals surface area contributed by atoms with Gasteiger partial charge in [0.1, 0.15) is 0 Å². The molecule has 2 fully saturated rings. The van der Waals surface area contributed by atoms with E-state index in [9.17, 15) is 8.78 Å². The first-order valence-corrected chi connectivity index (χ1v) is 6.57. The molecule has 2 aliphatic rings. The number of alkyl halides is 2. The number of hydrogen-bond donors (Lipinski definition) is 1. The zero-order chi connectivity index (χ0) is 12.3. The minimum atomic E-state index is -2.46. The predicted molar refractivity (Wildman–Crippen MR) is 64.5 cm³/mol. The van der Waals surface area contributed by atoms with Gasteiger partial charge in [0, 0.05) is 32.1 Å². The molecule has 0 aromatic rings. The molecule has 0 saturated carbocycles. The molecule has 2 heterocycles. The molecule has 1 unspecified atom stereocenters. The van der Waals surface area contributed by atoms with E-state index in [2.05, 4.69) is 17.3 Å². The van der Waals surface area contributed by atoms with Crippen LogP contribution in [-0.4, -0.2) is 68.1 Å². The first-order valence-electron chi connectivity index (χ1n) is 6.57. The predicted octanol–water partition coefficient (Wildman–Crippen LogP) is 1.01. The number of rotatable bonds is 3. The molecule has 5 heteroatoms. The van der Waals surface area contributed by atoms with E-state index in [-0.39, 0.29) is 13.0 Å². The maximum absolute atomic E-state index is 13.2. The van der Waals surface area contributed by atoms with Crippen molar-refractivity contribution in [3.05, 3.63) is 0 Å². The van der Waals surface area contributed by atoms with Crippen LogP contribution in [0.4, 0.5) is 8.78 Å². The highest BCUT2D eigenvalue weighted by molar-refractivity contribution is 4.82. The summed E-state index contributed by atoms with van der Waals surface area (Å²) >= 11 is 0. The van der Waals surface area contributed by atoms with Crippen molar-refractivity contribution in [2.45, 2.75) is 31.2 Å². The Morgan fingerprint density at radius 2 is 2.18 bits per heavy atom. The third kappa shape index (κ3) is 4.16. The molecule has 17 heavy (non-hydrogen) atoms. The lowest BCUT2D eigenvalue weighted by Crippen LogP contribution is -2.51. The van der Waals surface area contributed by atoms with Crippen LogP contribution < -0.4 is 5.32 Å². The van der Waals surface area contributed by atoms with Crippen LogP contribution in [0.2, 0.25) is 0 Å². The molecule has 1 N–H and O–H groups in total. The molecular weight excluding hydrogens is 224 g/mol. The summed E-state index contributed by atoms with van der Waals surface area (Å²) in [4.78, 5) is 4.21. The first-order chi connectivity index (χ1) is 8.05. The van der Waals surface area contributed by atoms with Gasteiger partial charge in [0.25, 0.3) is 5.92 Å². The van der Waals surface area contributed by atoms with E-state index in [0.717, 1.165) is 39.1 Å². The van der Waals surface area contributed by atoms with Crippen LogP contribution in [0.1, 0.15) is 19.3 Å². The minimum Gasteiger partial charge on any atom is -0.311 e. The summed E-state index contributed by atoms with van der Waals surface area (Å²) in [5.41, 5.74) is 0. The Hall–Kier alpha value is -0.260. The quantitative estimate of drug-likeness (QED) is 0.803. The van der Waals surface area contributed by atoms with Gasteiger partial charge in [-0.05, 0) is 33.0 Å². The Labute approximate surface area is 102 Å². The number of nitrogens with one attached hydrogen (secondary N) is 1. The van der Waals surface area contributed by atoms with Gasteiger partial charge in [0.15, 0.2) is 0 Å². The smallest absolute Gasteiger partial charge is 0.260 e. The maximum atomic E-state index is 13.2. The lowest BCUT2D eigenvalue weighted by atomic mass is 10.1. The molecule has 3 nitrogen and oxygen atoms in total. The summed E-state index contributed by atoms with van der Waals surface area (Å²) in [5, 5.41) is 3.45. The number of nitrogens with zero attached hydrogens (tertiary/aromatic N) is 2. The van der Waals surface area contributed by atoms with Gasteiger partial charge in [-0.1, -0.05) is 0 Å². The highest BCUT2D eigenvalue weighted by Gasteiger charge is 2.35. The molecule has 0 aromatic carbocycles. The second-order valence-corrected chi connectivity index (χ2v) is 5.44. The molecule has 2 aliphatic heterocycles. The molecule has 2 saturated heterocycles. The molecule has 0 bridgehead atoms. The van der Waals surface area contributed by atoms with Gasteiger partial charge in [-0.3, -0.25) is 4.90 Å². The van der Waals surface area contributed by atoms with Crippen molar-refractivity contribution in [2.24, 2.45) is 0 Å². The van der Waals surface area contributed by atoms with Crippen molar-refractivity contribution in [1.82, 2.24) is 15.1 Å². The molecule has 2 rings (SSSR count). The molecular formula is C12H23F2N3. The lowest BCUT2D eigenvalue weighted by molar-refractivity contribution is -0.0646. The number of halogens is 2. The van der Waals surface area contributed by atoms with Gasteiger partial charge < -0.3 is 10.2 Å². The third-order valence-corrected chi connectivity index (χ3v) is 3.72. The van der Waals surface area contributed by atoms with Crippen LogP contribution in [0.15, 0.2) is 0 Å². The highest BCUT2D eigenvalue weighted by Crippen LogP contribution is 2.26. The summed E-state index contributed by atoms with van der Waals surface area (Å²) in [7, 11) is 2.11. The van der Waals surface area contributed by atoms with E-state index in [1.807, 2.05) is 4.90 Å². The number of piperidine rings is 1. The average molecular weight is 247 g/mol. The molecule has 0 aliphatic carbocycles. The van der Waals surface area contributed by atoms with Crippen LogP contribution in [0.25, 0.3) is 0 Å². The molecule has 100 valence electrons. The summed E-state index contributed by atoms with van der Waals surface area (Å²) in [6.45, 7) is 4.70. The van der Waals surface area contributed by atoms with E-state index >= 15 is 0 Å². The van der Waals surface area contributed by atoms with Crippen molar-refractivity contribution in [2.75, 3.05) is 46.3 Å². The van der Waals surface area contributed by atoms with Crippen molar-refractivity contribution in [3.8, 4) is 0 Å². The number of likely N-dealkylation sites (tertiary alicyclic amines) is 1. The van der Waals surface area contributed by atoms with Crippen molar-refractivity contribution in [3.63, 3.8) is 0 Å². The lowest BCUT2D eigenvalue weighted by Gasteiger charge is -2.35. The first kappa shape index (κ1) is 13.2. The number of likely N-dealkylation sites (N-methyl/N-ethyl adjacent to an activating group) is 1. The fraction of sp³-hybridized carbons (Fsp3) is 1.00.